The molecule has 0 radical (unpaired) electrons. The molecule has 11 heavy (non-hydrogen) atoms. The molecular weight excluding hydrogens is 154 g/mol. The van der Waals surface area contributed by atoms with E-state index < -0.39 is 22.4 Å². The first-order chi connectivity index (χ1) is 5.13. The molecule has 1 heterocycles. The van der Waals surface area contributed by atoms with Gasteiger partial charge in [-0.05, 0) is 4.92 Å². The minimum Gasteiger partial charge on any atom is -0.543 e. The van der Waals surface area contributed by atoms with Crippen LogP contribution < -0.4 is 5.11 Å². The fraction of sp³-hybridized carbons (Fsp3) is 0. The lowest BCUT2D eigenvalue weighted by Crippen LogP contribution is -2.23. The summed E-state index contributed by atoms with van der Waals surface area (Å²) < 4.78 is 0. The first-order valence-electron chi connectivity index (χ1n) is 2.52. The van der Waals surface area contributed by atoms with Crippen LogP contribution in [0, 0.1) is 10.1 Å². The first-order valence-corrected chi connectivity index (χ1v) is 2.52. The molecular formula is C4H2N3O4-. The van der Waals surface area contributed by atoms with E-state index in [9.17, 15) is 20.0 Å². The number of aromatic amines is 1. The highest BCUT2D eigenvalue weighted by molar-refractivity contribution is 5.87. The number of nitro groups is 1. The van der Waals surface area contributed by atoms with E-state index in [1.54, 1.807) is 0 Å². The third-order valence-corrected chi connectivity index (χ3v) is 0.995. The number of hydrogen-bond donors (Lipinski definition) is 1. The van der Waals surface area contributed by atoms with E-state index >= 15 is 0 Å². The van der Waals surface area contributed by atoms with Crippen molar-refractivity contribution in [3.8, 4) is 0 Å². The summed E-state index contributed by atoms with van der Waals surface area (Å²) in [7, 11) is 0. The van der Waals surface area contributed by atoms with Crippen LogP contribution in [0.3, 0.4) is 0 Å². The Labute approximate surface area is 59.8 Å². The maximum atomic E-state index is 10.1. The molecule has 0 aliphatic rings. The second-order valence-corrected chi connectivity index (χ2v) is 1.64. The smallest absolute Gasteiger partial charge is 0.349 e. The van der Waals surface area contributed by atoms with Crippen LogP contribution in [0.4, 0.5) is 5.82 Å². The number of carbonyl (C=O) groups excluding carboxylic acids is 1. The molecule has 7 nitrogen and oxygen atoms in total. The fourth-order valence-corrected chi connectivity index (χ4v) is 0.576. The quantitative estimate of drug-likeness (QED) is 0.421. The van der Waals surface area contributed by atoms with Crippen molar-refractivity contribution in [1.29, 1.82) is 0 Å². The Balaban J connectivity index is 3.16. The monoisotopic (exact) mass is 156 g/mol. The van der Waals surface area contributed by atoms with Crippen LogP contribution in [0.2, 0.25) is 0 Å². The summed E-state index contributed by atoms with van der Waals surface area (Å²) >= 11 is 0. The molecule has 0 aromatic carbocycles. The van der Waals surface area contributed by atoms with E-state index in [0.717, 1.165) is 6.33 Å². The summed E-state index contributed by atoms with van der Waals surface area (Å²) in [6.45, 7) is 0. The fourth-order valence-electron chi connectivity index (χ4n) is 0.576. The highest BCUT2D eigenvalue weighted by atomic mass is 16.6. The van der Waals surface area contributed by atoms with Crippen molar-refractivity contribution >= 4 is 11.8 Å². The molecule has 0 amide bonds. The lowest BCUT2D eigenvalue weighted by molar-refractivity contribution is -0.390. The van der Waals surface area contributed by atoms with Crippen molar-refractivity contribution in [3.05, 3.63) is 22.1 Å². The molecule has 0 saturated carbocycles. The van der Waals surface area contributed by atoms with Crippen molar-refractivity contribution in [1.82, 2.24) is 9.97 Å². The van der Waals surface area contributed by atoms with E-state index in [-0.39, 0.29) is 0 Å². The molecule has 1 aromatic heterocycles. The summed E-state index contributed by atoms with van der Waals surface area (Å²) in [5, 5.41) is 20.1. The summed E-state index contributed by atoms with van der Waals surface area (Å²) in [4.78, 5) is 24.5. The van der Waals surface area contributed by atoms with Gasteiger partial charge in [0.05, 0.1) is 5.97 Å². The van der Waals surface area contributed by atoms with Crippen molar-refractivity contribution < 1.29 is 14.8 Å². The third kappa shape index (κ3) is 1.16. The van der Waals surface area contributed by atoms with Gasteiger partial charge in [0, 0.05) is 0 Å². The number of aromatic carboxylic acids is 1. The molecule has 7 heteroatoms. The Morgan fingerprint density at radius 1 is 1.73 bits per heavy atom. The average Bonchev–Trinajstić information content (AvgIpc) is 2.32. The predicted molar refractivity (Wildman–Crippen MR) is 29.6 cm³/mol. The van der Waals surface area contributed by atoms with Crippen molar-refractivity contribution in [2.75, 3.05) is 0 Å². The van der Waals surface area contributed by atoms with E-state index in [1.807, 2.05) is 0 Å². The van der Waals surface area contributed by atoms with Gasteiger partial charge in [-0.1, -0.05) is 0 Å². The van der Waals surface area contributed by atoms with Crippen LogP contribution >= 0.6 is 0 Å². The number of carboxylic acid groups (broad SMARTS) is 1. The number of rotatable bonds is 2. The van der Waals surface area contributed by atoms with E-state index in [2.05, 4.69) is 9.97 Å². The average molecular weight is 156 g/mol. The maximum Gasteiger partial charge on any atom is 0.349 e. The van der Waals surface area contributed by atoms with Gasteiger partial charge in [0.25, 0.3) is 0 Å². The van der Waals surface area contributed by atoms with Crippen molar-refractivity contribution in [2.24, 2.45) is 0 Å². The molecule has 58 valence electrons. The predicted octanol–water partition coefficient (Wildman–Crippen LogP) is -1.32. The summed E-state index contributed by atoms with van der Waals surface area (Å²) in [6, 6.07) is 0. The Hall–Kier alpha value is -1.92. The highest BCUT2D eigenvalue weighted by Crippen LogP contribution is 2.09. The second kappa shape index (κ2) is 2.37. The normalized spacial score (nSPS) is 9.45. The SMILES string of the molecule is O=C([O-])c1nc[nH]c1[N+](=O)[O-]. The molecule has 0 saturated heterocycles. The molecule has 0 aliphatic heterocycles. The zero-order valence-electron chi connectivity index (χ0n) is 5.10. The molecule has 1 aromatic rings. The lowest BCUT2D eigenvalue weighted by Gasteiger charge is -1.95. The highest BCUT2D eigenvalue weighted by Gasteiger charge is 2.14. The molecule has 0 aliphatic carbocycles. The summed E-state index contributed by atoms with van der Waals surface area (Å²) in [6.07, 6.45) is 0.920. The minimum absolute atomic E-state index is 0.662. The van der Waals surface area contributed by atoms with Gasteiger partial charge in [-0.25, -0.2) is 9.97 Å². The van der Waals surface area contributed by atoms with Gasteiger partial charge in [-0.15, -0.1) is 0 Å². The van der Waals surface area contributed by atoms with Crippen LogP contribution in [-0.2, 0) is 0 Å². The Morgan fingerprint density at radius 2 is 2.36 bits per heavy atom. The number of aromatic nitrogens is 2. The van der Waals surface area contributed by atoms with Crippen molar-refractivity contribution in [2.45, 2.75) is 0 Å². The third-order valence-electron chi connectivity index (χ3n) is 0.995. The Bertz CT molecular complexity index is 276. The lowest BCUT2D eigenvalue weighted by atomic mass is 10.4. The van der Waals surface area contributed by atoms with Crippen LogP contribution in [0.5, 0.6) is 0 Å². The van der Waals surface area contributed by atoms with Crippen LogP contribution in [0.15, 0.2) is 6.33 Å². The summed E-state index contributed by atoms with van der Waals surface area (Å²) in [5.74, 6) is -2.33. The molecule has 0 atom stereocenters. The molecule has 0 fully saturated rings. The van der Waals surface area contributed by atoms with E-state index in [4.69, 9.17) is 0 Å². The van der Waals surface area contributed by atoms with Gasteiger partial charge in [0.2, 0.25) is 0 Å². The van der Waals surface area contributed by atoms with E-state index in [0.29, 0.717) is 0 Å². The van der Waals surface area contributed by atoms with E-state index in [1.165, 1.54) is 0 Å². The second-order valence-electron chi connectivity index (χ2n) is 1.64. The van der Waals surface area contributed by atoms with Gasteiger partial charge >= 0.3 is 5.82 Å². The molecule has 0 bridgehead atoms. The number of carboxylic acids is 1. The van der Waals surface area contributed by atoms with Gasteiger partial charge < -0.3 is 20.0 Å². The maximum absolute atomic E-state index is 10.1. The molecule has 0 unspecified atom stereocenters. The minimum atomic E-state index is -1.67. The standard InChI is InChI=1S/C4H3N3O4/c8-4(9)2-3(7(10)11)6-1-5-2/h1H,(H,5,6)(H,8,9)/p-1. The number of nitrogens with zero attached hydrogens (tertiary/aromatic N) is 2. The summed E-state index contributed by atoms with van der Waals surface area (Å²) in [5.41, 5.74) is -0.685. The van der Waals surface area contributed by atoms with Gasteiger partial charge in [-0.2, -0.15) is 0 Å². The van der Waals surface area contributed by atoms with Crippen molar-refractivity contribution in [3.63, 3.8) is 0 Å². The number of nitrogens with one attached hydrogen (secondary N) is 1. The van der Waals surface area contributed by atoms with Crippen LogP contribution in [-0.4, -0.2) is 20.9 Å². The zero-order valence-corrected chi connectivity index (χ0v) is 5.10. The Morgan fingerprint density at radius 3 is 2.73 bits per heavy atom. The van der Waals surface area contributed by atoms with Crippen LogP contribution in [0.1, 0.15) is 10.5 Å². The molecule has 1 N–H and O–H groups in total. The molecule has 0 spiro atoms. The van der Waals surface area contributed by atoms with Gasteiger partial charge in [-0.3, -0.25) is 0 Å². The Kier molecular flexibility index (Phi) is 1.55. The van der Waals surface area contributed by atoms with Gasteiger partial charge in [0.15, 0.2) is 12.0 Å². The zero-order chi connectivity index (χ0) is 8.43. The topological polar surface area (TPSA) is 112 Å². The number of imidazole rings is 1. The number of carbonyl (C=O) groups is 1. The first kappa shape index (κ1) is 7.19. The van der Waals surface area contributed by atoms with Gasteiger partial charge in [0.1, 0.15) is 0 Å². The largest absolute Gasteiger partial charge is 0.543 e. The number of hydrogen-bond acceptors (Lipinski definition) is 5. The number of H-pyrrole nitrogens is 1. The molecule has 1 rings (SSSR count). The van der Waals surface area contributed by atoms with Crippen LogP contribution in [0.25, 0.3) is 0 Å².